The second kappa shape index (κ2) is 11.8. The van der Waals surface area contributed by atoms with Gasteiger partial charge in [0.25, 0.3) is 0 Å². The Morgan fingerprint density at radius 3 is 1.53 bits per heavy atom. The predicted octanol–water partition coefficient (Wildman–Crippen LogP) is 12.4. The SMILES string of the molecule is N#Cc1ccc2c(c1)c1ccccc1n2-c1ccc(-c2cc(-n3c4ccccc4c4cccc(-n5c6ccccc6c6ccccc65)c43)ccc2C#N)cc1. The van der Waals surface area contributed by atoms with Crippen LogP contribution >= 0.6 is 0 Å². The van der Waals surface area contributed by atoms with E-state index in [0.29, 0.717) is 11.1 Å². The molecule has 55 heavy (non-hydrogen) atoms. The first-order valence-corrected chi connectivity index (χ1v) is 18.3. The minimum atomic E-state index is 0.612. The highest BCUT2D eigenvalue weighted by molar-refractivity contribution is 6.15. The van der Waals surface area contributed by atoms with E-state index in [1.165, 1.54) is 21.5 Å². The second-order valence-electron chi connectivity index (χ2n) is 14.0. The maximum atomic E-state index is 10.4. The van der Waals surface area contributed by atoms with Gasteiger partial charge in [0.2, 0.25) is 0 Å². The van der Waals surface area contributed by atoms with Gasteiger partial charge in [0, 0.05) is 49.3 Å². The largest absolute Gasteiger partial charge is 0.309 e. The first kappa shape index (κ1) is 30.7. The number of aromatic nitrogens is 3. The number of para-hydroxylation sites is 5. The van der Waals surface area contributed by atoms with Crippen molar-refractivity contribution < 1.29 is 0 Å². The van der Waals surface area contributed by atoms with Gasteiger partial charge >= 0.3 is 0 Å². The Hall–Kier alpha value is -7.86. The van der Waals surface area contributed by atoms with Gasteiger partial charge in [-0.15, -0.1) is 0 Å². The molecular formula is C50H29N5. The van der Waals surface area contributed by atoms with Crippen LogP contribution in [0.4, 0.5) is 0 Å². The number of nitriles is 2. The fraction of sp³-hybridized carbons (Fsp3) is 0. The molecule has 0 aliphatic heterocycles. The van der Waals surface area contributed by atoms with Crippen molar-refractivity contribution >= 4 is 65.4 Å². The highest BCUT2D eigenvalue weighted by Gasteiger charge is 2.21. The average molecular weight is 700 g/mol. The summed E-state index contributed by atoms with van der Waals surface area (Å²) in [6, 6.07) is 66.0. The van der Waals surface area contributed by atoms with Gasteiger partial charge in [0.1, 0.15) is 0 Å². The molecule has 0 aliphatic rings. The molecule has 0 saturated heterocycles. The molecule has 0 atom stereocenters. The summed E-state index contributed by atoms with van der Waals surface area (Å²) in [5.74, 6) is 0. The Kier molecular flexibility index (Phi) is 6.61. The molecule has 11 aromatic rings. The van der Waals surface area contributed by atoms with E-state index in [2.05, 4.69) is 165 Å². The zero-order chi connectivity index (χ0) is 36.6. The molecule has 0 aliphatic carbocycles. The van der Waals surface area contributed by atoms with Crippen molar-refractivity contribution in [2.75, 3.05) is 0 Å². The van der Waals surface area contributed by atoms with Crippen LogP contribution in [0.5, 0.6) is 0 Å². The monoisotopic (exact) mass is 699 g/mol. The molecule has 0 spiro atoms. The average Bonchev–Trinajstić information content (AvgIpc) is 3.89. The predicted molar refractivity (Wildman–Crippen MR) is 224 cm³/mol. The van der Waals surface area contributed by atoms with Gasteiger partial charge < -0.3 is 13.7 Å². The summed E-state index contributed by atoms with van der Waals surface area (Å²) in [6.45, 7) is 0. The van der Waals surface area contributed by atoms with Crippen molar-refractivity contribution in [3.05, 3.63) is 187 Å². The molecule has 5 nitrogen and oxygen atoms in total. The smallest absolute Gasteiger partial charge is 0.0998 e. The third kappa shape index (κ3) is 4.45. The van der Waals surface area contributed by atoms with Gasteiger partial charge in [-0.1, -0.05) is 97.1 Å². The van der Waals surface area contributed by atoms with Gasteiger partial charge in [-0.2, -0.15) is 10.5 Å². The minimum absolute atomic E-state index is 0.612. The van der Waals surface area contributed by atoms with Crippen LogP contribution in [0.25, 0.3) is 93.6 Å². The molecule has 3 heterocycles. The Morgan fingerprint density at radius 2 is 0.891 bits per heavy atom. The summed E-state index contributed by atoms with van der Waals surface area (Å²) in [7, 11) is 0. The fourth-order valence-corrected chi connectivity index (χ4v) is 8.75. The van der Waals surface area contributed by atoms with Gasteiger partial charge in [-0.25, -0.2) is 0 Å². The van der Waals surface area contributed by atoms with Crippen LogP contribution in [-0.2, 0) is 0 Å². The summed E-state index contributed by atoms with van der Waals surface area (Å²) >= 11 is 0. The van der Waals surface area contributed by atoms with Crippen molar-refractivity contribution in [2.45, 2.75) is 0 Å². The van der Waals surface area contributed by atoms with Crippen LogP contribution in [0.2, 0.25) is 0 Å². The van der Waals surface area contributed by atoms with Crippen molar-refractivity contribution in [3.8, 4) is 40.3 Å². The van der Waals surface area contributed by atoms with Crippen molar-refractivity contribution in [2.24, 2.45) is 0 Å². The quantitative estimate of drug-likeness (QED) is 0.184. The van der Waals surface area contributed by atoms with Crippen LogP contribution in [0, 0.1) is 22.7 Å². The molecule has 0 fully saturated rings. The summed E-state index contributed by atoms with van der Waals surface area (Å²) in [5.41, 5.74) is 12.8. The Balaban J connectivity index is 1.12. The van der Waals surface area contributed by atoms with Crippen molar-refractivity contribution in [3.63, 3.8) is 0 Å². The van der Waals surface area contributed by atoms with E-state index in [0.717, 1.165) is 72.1 Å². The molecule has 11 rings (SSSR count). The fourth-order valence-electron chi connectivity index (χ4n) is 8.75. The zero-order valence-corrected chi connectivity index (χ0v) is 29.5. The van der Waals surface area contributed by atoms with E-state index < -0.39 is 0 Å². The van der Waals surface area contributed by atoms with E-state index in [1.54, 1.807) is 0 Å². The molecule has 0 radical (unpaired) electrons. The molecule has 8 aromatic carbocycles. The summed E-state index contributed by atoms with van der Waals surface area (Å²) in [6.07, 6.45) is 0. The molecule has 0 unspecified atom stereocenters. The van der Waals surface area contributed by atoms with Gasteiger partial charge in [-0.3, -0.25) is 0 Å². The standard InChI is InChI=1S/C50H29N5/c51-30-32-20-27-48-43(28-32)40-13-4-5-15-44(40)53(48)35-24-21-33(22-25-35)42-29-36(26-23-34(42)31-52)54-45-16-6-3-12-39(45)41-14-9-19-49(50(41)54)55-46-17-7-1-10-37(46)38-11-2-8-18-47(38)55/h1-29H. The normalized spacial score (nSPS) is 11.6. The van der Waals surface area contributed by atoms with Crippen LogP contribution in [0.1, 0.15) is 11.1 Å². The molecule has 3 aromatic heterocycles. The Bertz CT molecular complexity index is 3400. The number of nitrogens with zero attached hydrogens (tertiary/aromatic N) is 5. The number of benzene rings is 8. The number of fused-ring (bicyclic) bond motifs is 9. The van der Waals surface area contributed by atoms with Crippen LogP contribution < -0.4 is 0 Å². The first-order valence-electron chi connectivity index (χ1n) is 18.3. The van der Waals surface area contributed by atoms with E-state index in [1.807, 2.05) is 36.4 Å². The molecule has 0 saturated carbocycles. The topological polar surface area (TPSA) is 62.4 Å². The van der Waals surface area contributed by atoms with Crippen molar-refractivity contribution in [1.29, 1.82) is 10.5 Å². The molecule has 0 amide bonds. The maximum Gasteiger partial charge on any atom is 0.0998 e. The lowest BCUT2D eigenvalue weighted by Crippen LogP contribution is -2.01. The van der Waals surface area contributed by atoms with Gasteiger partial charge in [-0.05, 0) is 84.4 Å². The lowest BCUT2D eigenvalue weighted by molar-refractivity contribution is 1.13. The second-order valence-corrected chi connectivity index (χ2v) is 14.0. The van der Waals surface area contributed by atoms with E-state index in [-0.39, 0.29) is 0 Å². The Morgan fingerprint density at radius 1 is 0.364 bits per heavy atom. The van der Waals surface area contributed by atoms with Crippen LogP contribution in [-0.4, -0.2) is 13.7 Å². The summed E-state index contributed by atoms with van der Waals surface area (Å²) in [5, 5.41) is 26.9. The number of hydrogen-bond donors (Lipinski definition) is 0. The molecule has 254 valence electrons. The highest BCUT2D eigenvalue weighted by atomic mass is 15.1. The van der Waals surface area contributed by atoms with E-state index >= 15 is 0 Å². The van der Waals surface area contributed by atoms with E-state index in [9.17, 15) is 10.5 Å². The van der Waals surface area contributed by atoms with Crippen LogP contribution in [0.15, 0.2) is 176 Å². The molecule has 0 N–H and O–H groups in total. The Labute approximate surface area is 316 Å². The zero-order valence-electron chi connectivity index (χ0n) is 29.5. The molecular weight excluding hydrogens is 671 g/mol. The minimum Gasteiger partial charge on any atom is -0.309 e. The van der Waals surface area contributed by atoms with Crippen molar-refractivity contribution in [1.82, 2.24) is 13.7 Å². The summed E-state index contributed by atoms with van der Waals surface area (Å²) in [4.78, 5) is 0. The summed E-state index contributed by atoms with van der Waals surface area (Å²) < 4.78 is 6.99. The molecule has 5 heteroatoms. The lowest BCUT2D eigenvalue weighted by atomic mass is 9.99. The van der Waals surface area contributed by atoms with Gasteiger partial charge in [0.15, 0.2) is 0 Å². The van der Waals surface area contributed by atoms with E-state index in [4.69, 9.17) is 0 Å². The third-order valence-corrected chi connectivity index (χ3v) is 11.1. The molecule has 0 bridgehead atoms. The van der Waals surface area contributed by atoms with Crippen LogP contribution in [0.3, 0.4) is 0 Å². The number of hydrogen-bond acceptors (Lipinski definition) is 2. The lowest BCUT2D eigenvalue weighted by Gasteiger charge is -2.16. The van der Waals surface area contributed by atoms with Gasteiger partial charge in [0.05, 0.1) is 62.1 Å². The first-order chi connectivity index (χ1) is 27.2. The maximum absolute atomic E-state index is 10.4. The third-order valence-electron chi connectivity index (χ3n) is 11.1. The number of rotatable bonds is 4. The highest BCUT2D eigenvalue weighted by Crippen LogP contribution is 2.41.